The molecule has 0 saturated carbocycles. The summed E-state index contributed by atoms with van der Waals surface area (Å²) in [6.07, 6.45) is 5.58. The molecule has 3 rings (SSSR count). The van der Waals surface area contributed by atoms with Gasteiger partial charge in [0.15, 0.2) is 0 Å². The SMILES string of the molecule is C[C@H](NC[C@@]1(O)CCCc2ccccc21)c1cncc(F)c1. The third kappa shape index (κ3) is 3.03. The van der Waals surface area contributed by atoms with E-state index in [4.69, 9.17) is 0 Å². The first-order chi connectivity index (χ1) is 10.6. The van der Waals surface area contributed by atoms with Crippen molar-refractivity contribution in [3.63, 3.8) is 0 Å². The maximum absolute atomic E-state index is 13.3. The van der Waals surface area contributed by atoms with Gasteiger partial charge in [-0.25, -0.2) is 4.39 Å². The Labute approximate surface area is 130 Å². The fourth-order valence-corrected chi connectivity index (χ4v) is 3.19. The number of benzene rings is 1. The van der Waals surface area contributed by atoms with Crippen LogP contribution in [0.2, 0.25) is 0 Å². The van der Waals surface area contributed by atoms with Gasteiger partial charge in [0.05, 0.1) is 6.20 Å². The highest BCUT2D eigenvalue weighted by atomic mass is 19.1. The maximum Gasteiger partial charge on any atom is 0.141 e. The smallest absolute Gasteiger partial charge is 0.141 e. The Bertz CT molecular complexity index is 661. The van der Waals surface area contributed by atoms with Crippen molar-refractivity contribution in [1.82, 2.24) is 10.3 Å². The molecule has 1 heterocycles. The predicted octanol–water partition coefficient (Wildman–Crippen LogP) is 3.10. The summed E-state index contributed by atoms with van der Waals surface area (Å²) in [4.78, 5) is 3.88. The Hall–Kier alpha value is -1.78. The van der Waals surface area contributed by atoms with Crippen LogP contribution in [0.4, 0.5) is 4.39 Å². The molecular weight excluding hydrogens is 279 g/mol. The van der Waals surface area contributed by atoms with Crippen LogP contribution < -0.4 is 5.32 Å². The van der Waals surface area contributed by atoms with Gasteiger partial charge in [-0.3, -0.25) is 4.98 Å². The molecule has 1 aromatic carbocycles. The van der Waals surface area contributed by atoms with Gasteiger partial charge in [0.1, 0.15) is 11.4 Å². The Morgan fingerprint density at radius 3 is 3.00 bits per heavy atom. The average Bonchev–Trinajstić information content (AvgIpc) is 2.53. The number of halogens is 1. The van der Waals surface area contributed by atoms with Crippen LogP contribution >= 0.6 is 0 Å². The molecule has 0 bridgehead atoms. The van der Waals surface area contributed by atoms with Crippen LogP contribution in [-0.4, -0.2) is 16.6 Å². The molecule has 0 unspecified atom stereocenters. The van der Waals surface area contributed by atoms with Gasteiger partial charge in [-0.15, -0.1) is 0 Å². The lowest BCUT2D eigenvalue weighted by atomic mass is 9.79. The quantitative estimate of drug-likeness (QED) is 0.912. The Morgan fingerprint density at radius 2 is 2.18 bits per heavy atom. The molecule has 2 aromatic rings. The Balaban J connectivity index is 1.74. The zero-order chi connectivity index (χ0) is 15.6. The van der Waals surface area contributed by atoms with E-state index in [1.165, 1.54) is 17.8 Å². The lowest BCUT2D eigenvalue weighted by Gasteiger charge is -2.35. The minimum Gasteiger partial charge on any atom is -0.384 e. The number of nitrogens with one attached hydrogen (secondary N) is 1. The molecule has 2 atom stereocenters. The molecule has 3 nitrogen and oxygen atoms in total. The molecule has 22 heavy (non-hydrogen) atoms. The maximum atomic E-state index is 13.3. The van der Waals surface area contributed by atoms with Gasteiger partial charge in [-0.2, -0.15) is 0 Å². The molecule has 116 valence electrons. The van der Waals surface area contributed by atoms with Crippen LogP contribution in [0.1, 0.15) is 42.5 Å². The fourth-order valence-electron chi connectivity index (χ4n) is 3.19. The number of pyridine rings is 1. The first-order valence-electron chi connectivity index (χ1n) is 7.73. The molecule has 0 spiro atoms. The molecule has 0 aliphatic heterocycles. The van der Waals surface area contributed by atoms with Gasteiger partial charge in [0.25, 0.3) is 0 Å². The first kappa shape index (κ1) is 15.1. The van der Waals surface area contributed by atoms with E-state index < -0.39 is 5.60 Å². The summed E-state index contributed by atoms with van der Waals surface area (Å²) in [5.74, 6) is -0.340. The highest BCUT2D eigenvalue weighted by Gasteiger charge is 2.34. The number of fused-ring (bicyclic) bond motifs is 1. The summed E-state index contributed by atoms with van der Waals surface area (Å²) in [5, 5.41) is 14.3. The lowest BCUT2D eigenvalue weighted by Crippen LogP contribution is -2.41. The molecule has 0 saturated heterocycles. The van der Waals surface area contributed by atoms with Crippen molar-refractivity contribution in [2.75, 3.05) is 6.54 Å². The summed E-state index contributed by atoms with van der Waals surface area (Å²) < 4.78 is 13.3. The second kappa shape index (κ2) is 6.15. The molecule has 0 radical (unpaired) electrons. The number of aromatic nitrogens is 1. The van der Waals surface area contributed by atoms with Gasteiger partial charge in [-0.1, -0.05) is 24.3 Å². The monoisotopic (exact) mass is 300 g/mol. The highest BCUT2D eigenvalue weighted by Crippen LogP contribution is 2.35. The largest absolute Gasteiger partial charge is 0.384 e. The van der Waals surface area contributed by atoms with Crippen LogP contribution in [0.25, 0.3) is 0 Å². The second-order valence-corrected chi connectivity index (χ2v) is 6.08. The predicted molar refractivity (Wildman–Crippen MR) is 83.9 cm³/mol. The van der Waals surface area contributed by atoms with Crippen LogP contribution in [0, 0.1) is 5.82 Å². The van der Waals surface area contributed by atoms with Crippen LogP contribution in [0.15, 0.2) is 42.7 Å². The summed E-state index contributed by atoms with van der Waals surface area (Å²) in [6.45, 7) is 2.40. The number of hydrogen-bond donors (Lipinski definition) is 2. The van der Waals surface area contributed by atoms with Crippen molar-refractivity contribution in [2.45, 2.75) is 37.8 Å². The van der Waals surface area contributed by atoms with Crippen molar-refractivity contribution in [3.8, 4) is 0 Å². The standard InChI is InChI=1S/C18H21FN2O/c1-13(15-9-16(19)11-20-10-15)21-12-18(22)8-4-6-14-5-2-3-7-17(14)18/h2-3,5,7,9-11,13,21-22H,4,6,8,12H2,1H3/t13-,18-/m0/s1. The molecule has 1 aliphatic rings. The average molecular weight is 300 g/mol. The van der Waals surface area contributed by atoms with Gasteiger partial charge in [0.2, 0.25) is 0 Å². The first-order valence-corrected chi connectivity index (χ1v) is 7.73. The van der Waals surface area contributed by atoms with E-state index in [-0.39, 0.29) is 11.9 Å². The minimum absolute atomic E-state index is 0.0682. The van der Waals surface area contributed by atoms with Crippen molar-refractivity contribution in [2.24, 2.45) is 0 Å². The zero-order valence-corrected chi connectivity index (χ0v) is 12.7. The number of aryl methyl sites for hydroxylation is 1. The molecule has 4 heteroatoms. The molecule has 0 amide bonds. The van der Waals surface area contributed by atoms with Crippen molar-refractivity contribution in [3.05, 3.63) is 65.2 Å². The molecular formula is C18H21FN2O. The van der Waals surface area contributed by atoms with Gasteiger partial charge >= 0.3 is 0 Å². The van der Waals surface area contributed by atoms with Gasteiger partial charge in [-0.05, 0) is 48.9 Å². The zero-order valence-electron chi connectivity index (χ0n) is 12.7. The third-order valence-electron chi connectivity index (χ3n) is 4.48. The third-order valence-corrected chi connectivity index (χ3v) is 4.48. The second-order valence-electron chi connectivity index (χ2n) is 6.08. The van der Waals surface area contributed by atoms with Crippen molar-refractivity contribution in [1.29, 1.82) is 0 Å². The van der Waals surface area contributed by atoms with Gasteiger partial charge < -0.3 is 10.4 Å². The van der Waals surface area contributed by atoms with Crippen molar-refractivity contribution < 1.29 is 9.50 Å². The lowest BCUT2D eigenvalue weighted by molar-refractivity contribution is 0.0170. The van der Waals surface area contributed by atoms with E-state index in [1.807, 2.05) is 25.1 Å². The molecule has 0 fully saturated rings. The number of hydrogen-bond acceptors (Lipinski definition) is 3. The number of aliphatic hydroxyl groups is 1. The van der Waals surface area contributed by atoms with E-state index in [9.17, 15) is 9.50 Å². The van der Waals surface area contributed by atoms with E-state index in [0.717, 1.165) is 30.4 Å². The highest BCUT2D eigenvalue weighted by molar-refractivity contribution is 5.35. The summed E-state index contributed by atoms with van der Waals surface area (Å²) in [7, 11) is 0. The van der Waals surface area contributed by atoms with E-state index >= 15 is 0 Å². The van der Waals surface area contributed by atoms with Crippen LogP contribution in [0.5, 0.6) is 0 Å². The molecule has 1 aromatic heterocycles. The number of nitrogens with zero attached hydrogens (tertiary/aromatic N) is 1. The van der Waals surface area contributed by atoms with Crippen LogP contribution in [0.3, 0.4) is 0 Å². The summed E-state index contributed by atoms with van der Waals surface area (Å²) in [5.41, 5.74) is 2.16. The van der Waals surface area contributed by atoms with Gasteiger partial charge in [0, 0.05) is 18.8 Å². The van der Waals surface area contributed by atoms with E-state index in [2.05, 4.69) is 16.4 Å². The van der Waals surface area contributed by atoms with Crippen LogP contribution in [-0.2, 0) is 12.0 Å². The Morgan fingerprint density at radius 1 is 1.36 bits per heavy atom. The normalized spacial score (nSPS) is 22.1. The fraction of sp³-hybridized carbons (Fsp3) is 0.389. The van der Waals surface area contributed by atoms with E-state index in [1.54, 1.807) is 6.20 Å². The Kier molecular flexibility index (Phi) is 4.23. The summed E-state index contributed by atoms with van der Waals surface area (Å²) in [6, 6.07) is 9.48. The van der Waals surface area contributed by atoms with Crippen molar-refractivity contribution >= 4 is 0 Å². The number of rotatable bonds is 4. The minimum atomic E-state index is -0.857. The summed E-state index contributed by atoms with van der Waals surface area (Å²) >= 11 is 0. The molecule has 1 aliphatic carbocycles. The topological polar surface area (TPSA) is 45.1 Å². The molecule has 2 N–H and O–H groups in total. The van der Waals surface area contributed by atoms with E-state index in [0.29, 0.717) is 6.54 Å².